The summed E-state index contributed by atoms with van der Waals surface area (Å²) in [5.41, 5.74) is 11.1. The van der Waals surface area contributed by atoms with Crippen LogP contribution >= 0.6 is 11.3 Å². The van der Waals surface area contributed by atoms with Crippen molar-refractivity contribution in [2.45, 2.75) is 0 Å². The summed E-state index contributed by atoms with van der Waals surface area (Å²) in [6, 6.07) is 59.5. The maximum atomic E-state index is 2.44. The Hall–Kier alpha value is -5.90. The van der Waals surface area contributed by atoms with Crippen LogP contribution in [0.1, 0.15) is 0 Å². The normalized spacial score (nSPS) is 11.8. The van der Waals surface area contributed by atoms with E-state index in [4.69, 9.17) is 0 Å². The molecule has 3 heteroatoms. The van der Waals surface area contributed by atoms with Gasteiger partial charge in [0.15, 0.2) is 0 Å². The van der Waals surface area contributed by atoms with Crippen molar-refractivity contribution in [1.29, 1.82) is 0 Å². The third kappa shape index (κ3) is 3.97. The molecule has 10 rings (SSSR count). The summed E-state index contributed by atoms with van der Waals surface area (Å²) in [5.74, 6) is 0. The zero-order valence-electron chi connectivity index (χ0n) is 25.5. The fourth-order valence-corrected chi connectivity index (χ4v) is 8.81. The average molecular weight is 617 g/mol. The Morgan fingerprint density at radius 3 is 1.70 bits per heavy atom. The number of benzene rings is 7. The molecule has 2 nitrogen and oxygen atoms in total. The zero-order chi connectivity index (χ0) is 30.9. The molecule has 0 aliphatic heterocycles. The number of fused-ring (bicyclic) bond motifs is 8. The first kappa shape index (κ1) is 26.3. The number of thiophene rings is 1. The molecule has 0 saturated heterocycles. The molecular formula is C44H28N2S. The number of nitrogens with zero attached hydrogens (tertiary/aromatic N) is 2. The van der Waals surface area contributed by atoms with E-state index in [0.717, 1.165) is 5.69 Å². The molecule has 220 valence electrons. The van der Waals surface area contributed by atoms with E-state index in [1.165, 1.54) is 80.8 Å². The molecule has 0 N–H and O–H groups in total. The average Bonchev–Trinajstić information content (AvgIpc) is 3.84. The van der Waals surface area contributed by atoms with Crippen LogP contribution in [0.2, 0.25) is 0 Å². The van der Waals surface area contributed by atoms with Crippen LogP contribution in [-0.4, -0.2) is 9.13 Å². The summed E-state index contributed by atoms with van der Waals surface area (Å²) in [5, 5.41) is 6.42. The molecule has 10 aromatic rings. The molecule has 7 aromatic carbocycles. The van der Waals surface area contributed by atoms with Gasteiger partial charge in [0.05, 0.1) is 16.6 Å². The number of hydrogen-bond acceptors (Lipinski definition) is 1. The van der Waals surface area contributed by atoms with E-state index >= 15 is 0 Å². The number of rotatable bonds is 4. The van der Waals surface area contributed by atoms with E-state index in [2.05, 4.69) is 179 Å². The van der Waals surface area contributed by atoms with Crippen molar-refractivity contribution in [2.75, 3.05) is 0 Å². The molecule has 0 amide bonds. The fourth-order valence-electron chi connectivity index (χ4n) is 7.44. The van der Waals surface area contributed by atoms with Crippen molar-refractivity contribution >= 4 is 64.2 Å². The molecule has 3 aromatic heterocycles. The summed E-state index contributed by atoms with van der Waals surface area (Å²) in [4.78, 5) is 0. The van der Waals surface area contributed by atoms with E-state index in [-0.39, 0.29) is 0 Å². The van der Waals surface area contributed by atoms with Crippen molar-refractivity contribution in [3.05, 3.63) is 170 Å². The van der Waals surface area contributed by atoms with Crippen molar-refractivity contribution in [3.63, 3.8) is 0 Å². The smallest absolute Gasteiger partial charge is 0.0635 e. The number of aromatic nitrogens is 2. The highest BCUT2D eigenvalue weighted by Crippen LogP contribution is 2.44. The van der Waals surface area contributed by atoms with Gasteiger partial charge in [0.1, 0.15) is 0 Å². The van der Waals surface area contributed by atoms with Crippen LogP contribution in [0.25, 0.3) is 86.5 Å². The number of para-hydroxylation sites is 2. The lowest BCUT2D eigenvalue weighted by molar-refractivity contribution is 1.13. The van der Waals surface area contributed by atoms with E-state index in [9.17, 15) is 0 Å². The highest BCUT2D eigenvalue weighted by molar-refractivity contribution is 7.26. The quantitative estimate of drug-likeness (QED) is 0.186. The molecule has 0 aliphatic rings. The largest absolute Gasteiger partial charge is 0.316 e. The van der Waals surface area contributed by atoms with Gasteiger partial charge in [-0.15, -0.1) is 11.3 Å². The van der Waals surface area contributed by atoms with E-state index in [1.54, 1.807) is 0 Å². The Kier molecular flexibility index (Phi) is 5.78. The Morgan fingerprint density at radius 1 is 0.362 bits per heavy atom. The van der Waals surface area contributed by atoms with Gasteiger partial charge in [-0.25, -0.2) is 0 Å². The van der Waals surface area contributed by atoms with Crippen molar-refractivity contribution < 1.29 is 0 Å². The molecular weight excluding hydrogens is 589 g/mol. The monoisotopic (exact) mass is 616 g/mol. The highest BCUT2D eigenvalue weighted by atomic mass is 32.1. The van der Waals surface area contributed by atoms with Crippen molar-refractivity contribution in [1.82, 2.24) is 9.13 Å². The molecule has 0 atom stereocenters. The van der Waals surface area contributed by atoms with Gasteiger partial charge in [0.2, 0.25) is 0 Å². The Bertz CT molecular complexity index is 2760. The van der Waals surface area contributed by atoms with Gasteiger partial charge in [-0.2, -0.15) is 0 Å². The molecule has 0 spiro atoms. The van der Waals surface area contributed by atoms with Crippen LogP contribution in [0.15, 0.2) is 170 Å². The van der Waals surface area contributed by atoms with Crippen LogP contribution in [-0.2, 0) is 0 Å². The van der Waals surface area contributed by atoms with Crippen LogP contribution < -0.4 is 0 Å². The topological polar surface area (TPSA) is 9.86 Å². The molecule has 0 saturated carbocycles. The van der Waals surface area contributed by atoms with Gasteiger partial charge < -0.3 is 9.13 Å². The second-order valence-electron chi connectivity index (χ2n) is 12.1. The van der Waals surface area contributed by atoms with Gasteiger partial charge in [0.25, 0.3) is 0 Å². The SMILES string of the molecule is c1ccc(-c2cccc3c2sc2c(-c4ccc(-n5c6ccccc6c6ccc7c(ccn7-c7ccccc7)c65)cc4)cccc23)cc1. The standard InChI is InChI=1S/C44H28N2S/c1-3-11-29(12-4-1)33-16-9-18-37-38-19-10-17-34(44(38)47-43(33)37)30-21-23-32(24-22-30)46-41-20-8-7-15-35(41)36-25-26-40-39(42(36)46)27-28-45(40)31-13-5-2-6-14-31/h1-28H. The minimum atomic E-state index is 1.16. The van der Waals surface area contributed by atoms with Crippen LogP contribution in [0.3, 0.4) is 0 Å². The summed E-state index contributed by atoms with van der Waals surface area (Å²) in [6.45, 7) is 0. The lowest BCUT2D eigenvalue weighted by Gasteiger charge is -2.11. The molecule has 0 aliphatic carbocycles. The molecule has 0 unspecified atom stereocenters. The second-order valence-corrected chi connectivity index (χ2v) is 13.2. The van der Waals surface area contributed by atoms with Gasteiger partial charge >= 0.3 is 0 Å². The van der Waals surface area contributed by atoms with Gasteiger partial charge in [0, 0.05) is 53.9 Å². The zero-order valence-corrected chi connectivity index (χ0v) is 26.3. The third-order valence-electron chi connectivity index (χ3n) is 9.58. The van der Waals surface area contributed by atoms with Crippen molar-refractivity contribution in [3.8, 4) is 33.6 Å². The van der Waals surface area contributed by atoms with Gasteiger partial charge in [-0.3, -0.25) is 0 Å². The van der Waals surface area contributed by atoms with Crippen LogP contribution in [0, 0.1) is 0 Å². The van der Waals surface area contributed by atoms with E-state index in [1.807, 2.05) is 11.3 Å². The lowest BCUT2D eigenvalue weighted by atomic mass is 10.00. The third-order valence-corrected chi connectivity index (χ3v) is 10.9. The molecule has 3 heterocycles. The van der Waals surface area contributed by atoms with Gasteiger partial charge in [-0.1, -0.05) is 121 Å². The second kappa shape index (κ2) is 10.3. The highest BCUT2D eigenvalue weighted by Gasteiger charge is 2.18. The number of hydrogen-bond donors (Lipinski definition) is 0. The Balaban J connectivity index is 1.15. The maximum Gasteiger partial charge on any atom is 0.0635 e. The Labute approximate surface area is 276 Å². The first-order valence-electron chi connectivity index (χ1n) is 16.0. The Morgan fingerprint density at radius 2 is 0.979 bits per heavy atom. The summed E-state index contributed by atoms with van der Waals surface area (Å²) in [7, 11) is 0. The maximum absolute atomic E-state index is 2.44. The molecule has 47 heavy (non-hydrogen) atoms. The first-order valence-corrected chi connectivity index (χ1v) is 16.8. The molecule has 0 radical (unpaired) electrons. The van der Waals surface area contributed by atoms with Crippen LogP contribution in [0.5, 0.6) is 0 Å². The first-order chi connectivity index (χ1) is 23.3. The predicted molar refractivity (Wildman–Crippen MR) is 201 cm³/mol. The van der Waals surface area contributed by atoms with Crippen LogP contribution in [0.4, 0.5) is 0 Å². The summed E-state index contributed by atoms with van der Waals surface area (Å²) in [6.07, 6.45) is 2.19. The molecule has 0 bridgehead atoms. The summed E-state index contributed by atoms with van der Waals surface area (Å²) < 4.78 is 7.40. The van der Waals surface area contributed by atoms with E-state index in [0.29, 0.717) is 0 Å². The fraction of sp³-hybridized carbons (Fsp3) is 0. The summed E-state index contributed by atoms with van der Waals surface area (Å²) >= 11 is 1.90. The van der Waals surface area contributed by atoms with Gasteiger partial charge in [-0.05, 0) is 64.7 Å². The van der Waals surface area contributed by atoms with Crippen molar-refractivity contribution in [2.24, 2.45) is 0 Å². The lowest BCUT2D eigenvalue weighted by Crippen LogP contribution is -1.95. The minimum Gasteiger partial charge on any atom is -0.316 e. The minimum absolute atomic E-state index is 1.16. The molecule has 0 fully saturated rings. The predicted octanol–water partition coefficient (Wildman–Crippen LogP) is 12.4. The van der Waals surface area contributed by atoms with E-state index < -0.39 is 0 Å².